The van der Waals surface area contributed by atoms with Gasteiger partial charge in [-0.15, -0.1) is 0 Å². The quantitative estimate of drug-likeness (QED) is 0.747. The molecule has 1 aromatic rings. The summed E-state index contributed by atoms with van der Waals surface area (Å²) in [6.07, 6.45) is 2.14. The van der Waals surface area contributed by atoms with Gasteiger partial charge in [-0.05, 0) is 42.0 Å². The van der Waals surface area contributed by atoms with Crippen LogP contribution in [0, 0.1) is 5.82 Å². The Morgan fingerprint density at radius 2 is 1.83 bits per heavy atom. The number of amides is 1. The van der Waals surface area contributed by atoms with E-state index in [-0.39, 0.29) is 17.1 Å². The van der Waals surface area contributed by atoms with Crippen LogP contribution < -0.4 is 0 Å². The van der Waals surface area contributed by atoms with E-state index >= 15 is 0 Å². The maximum atomic E-state index is 13.8. The van der Waals surface area contributed by atoms with E-state index < -0.39 is 0 Å². The molecule has 2 nitrogen and oxygen atoms in total. The molecule has 0 bridgehead atoms. The third-order valence-corrected chi connectivity index (χ3v) is 3.41. The third-order valence-electron chi connectivity index (χ3n) is 3.41. The van der Waals surface area contributed by atoms with Gasteiger partial charge in [-0.1, -0.05) is 20.8 Å². The van der Waals surface area contributed by atoms with Crippen molar-refractivity contribution in [3.8, 4) is 0 Å². The minimum absolute atomic E-state index is 0.0259. The summed E-state index contributed by atoms with van der Waals surface area (Å²) in [6.45, 7) is 7.50. The second-order valence-electron chi connectivity index (χ2n) is 5.94. The molecular formula is C15H20FNO. The Bertz CT molecular complexity index is 456. The molecule has 0 aromatic heterocycles. The SMILES string of the molecule is CC(C)(C)c1cc(C(=O)N2CCCC2)ccc1F. The fourth-order valence-electron chi connectivity index (χ4n) is 2.34. The highest BCUT2D eigenvalue weighted by molar-refractivity contribution is 5.94. The minimum atomic E-state index is -0.286. The number of carbonyl (C=O) groups is 1. The molecule has 18 heavy (non-hydrogen) atoms. The van der Waals surface area contributed by atoms with Crippen molar-refractivity contribution in [3.05, 3.63) is 35.1 Å². The summed E-state index contributed by atoms with van der Waals surface area (Å²) < 4.78 is 13.8. The molecule has 0 unspecified atom stereocenters. The lowest BCUT2D eigenvalue weighted by atomic mass is 9.85. The molecule has 98 valence electrons. The summed E-state index contributed by atoms with van der Waals surface area (Å²) in [7, 11) is 0. The van der Waals surface area contributed by atoms with Crippen molar-refractivity contribution in [2.45, 2.75) is 39.0 Å². The third kappa shape index (κ3) is 2.55. The molecule has 3 heteroatoms. The zero-order valence-corrected chi connectivity index (χ0v) is 11.3. The molecule has 1 heterocycles. The molecule has 1 aliphatic heterocycles. The lowest BCUT2D eigenvalue weighted by molar-refractivity contribution is 0.0792. The molecule has 1 amide bonds. The normalized spacial score (nSPS) is 16.1. The van der Waals surface area contributed by atoms with Gasteiger partial charge in [-0.2, -0.15) is 0 Å². The number of likely N-dealkylation sites (tertiary alicyclic amines) is 1. The van der Waals surface area contributed by atoms with Crippen LogP contribution in [0.1, 0.15) is 49.5 Å². The van der Waals surface area contributed by atoms with Crippen LogP contribution in [0.4, 0.5) is 4.39 Å². The van der Waals surface area contributed by atoms with Gasteiger partial charge in [0.15, 0.2) is 0 Å². The molecular weight excluding hydrogens is 229 g/mol. The van der Waals surface area contributed by atoms with Crippen LogP contribution in [0.3, 0.4) is 0 Å². The van der Waals surface area contributed by atoms with E-state index in [0.717, 1.165) is 25.9 Å². The summed E-state index contributed by atoms with van der Waals surface area (Å²) >= 11 is 0. The fraction of sp³-hybridized carbons (Fsp3) is 0.533. The standard InChI is InChI=1S/C15H20FNO/c1-15(2,3)12-10-11(6-7-13(12)16)14(18)17-8-4-5-9-17/h6-7,10H,4-5,8-9H2,1-3H3. The fourth-order valence-corrected chi connectivity index (χ4v) is 2.34. The van der Waals surface area contributed by atoms with E-state index in [1.165, 1.54) is 6.07 Å². The topological polar surface area (TPSA) is 20.3 Å². The Kier molecular flexibility index (Phi) is 3.42. The Morgan fingerprint density at radius 3 is 2.39 bits per heavy atom. The van der Waals surface area contributed by atoms with Crippen LogP contribution in [-0.2, 0) is 5.41 Å². The monoisotopic (exact) mass is 249 g/mol. The lowest BCUT2D eigenvalue weighted by Crippen LogP contribution is -2.28. The van der Waals surface area contributed by atoms with Gasteiger partial charge in [0.2, 0.25) is 0 Å². The largest absolute Gasteiger partial charge is 0.339 e. The lowest BCUT2D eigenvalue weighted by Gasteiger charge is -2.22. The van der Waals surface area contributed by atoms with Crippen molar-refractivity contribution in [2.75, 3.05) is 13.1 Å². The van der Waals surface area contributed by atoms with Crippen molar-refractivity contribution < 1.29 is 9.18 Å². The van der Waals surface area contributed by atoms with E-state index in [9.17, 15) is 9.18 Å². The van der Waals surface area contributed by atoms with Crippen molar-refractivity contribution >= 4 is 5.91 Å². The molecule has 0 spiro atoms. The smallest absolute Gasteiger partial charge is 0.253 e. The highest BCUT2D eigenvalue weighted by Gasteiger charge is 2.23. The van der Waals surface area contributed by atoms with Crippen LogP contribution in [0.15, 0.2) is 18.2 Å². The first-order valence-electron chi connectivity index (χ1n) is 6.49. The van der Waals surface area contributed by atoms with Crippen LogP contribution in [0.2, 0.25) is 0 Å². The van der Waals surface area contributed by atoms with E-state index in [1.807, 2.05) is 25.7 Å². The maximum absolute atomic E-state index is 13.8. The summed E-state index contributed by atoms with van der Waals surface area (Å²) in [4.78, 5) is 14.1. The summed E-state index contributed by atoms with van der Waals surface area (Å²) in [5, 5.41) is 0. The molecule has 0 N–H and O–H groups in total. The average molecular weight is 249 g/mol. The van der Waals surface area contributed by atoms with Crippen molar-refractivity contribution in [1.29, 1.82) is 0 Å². The van der Waals surface area contributed by atoms with Crippen molar-refractivity contribution in [2.24, 2.45) is 0 Å². The summed E-state index contributed by atoms with van der Waals surface area (Å²) in [5.74, 6) is -0.210. The van der Waals surface area contributed by atoms with E-state index in [4.69, 9.17) is 0 Å². The first kappa shape index (κ1) is 13.1. The predicted molar refractivity (Wildman–Crippen MR) is 70.2 cm³/mol. The molecule has 1 aromatic carbocycles. The number of carbonyl (C=O) groups excluding carboxylic acids is 1. The highest BCUT2D eigenvalue weighted by atomic mass is 19.1. The van der Waals surface area contributed by atoms with Crippen LogP contribution in [0.25, 0.3) is 0 Å². The van der Waals surface area contributed by atoms with Crippen LogP contribution in [-0.4, -0.2) is 23.9 Å². The second kappa shape index (κ2) is 4.71. The van der Waals surface area contributed by atoms with E-state index in [2.05, 4.69) is 0 Å². The molecule has 2 rings (SSSR count). The zero-order chi connectivity index (χ0) is 13.3. The van der Waals surface area contributed by atoms with Gasteiger partial charge < -0.3 is 4.90 Å². The van der Waals surface area contributed by atoms with Gasteiger partial charge in [-0.25, -0.2) is 4.39 Å². The molecule has 1 saturated heterocycles. The zero-order valence-electron chi connectivity index (χ0n) is 11.3. The number of benzene rings is 1. The first-order chi connectivity index (χ1) is 8.39. The number of nitrogens with zero attached hydrogens (tertiary/aromatic N) is 1. The van der Waals surface area contributed by atoms with Crippen LogP contribution in [0.5, 0.6) is 0 Å². The summed E-state index contributed by atoms with van der Waals surface area (Å²) in [6, 6.07) is 4.70. The maximum Gasteiger partial charge on any atom is 0.253 e. The predicted octanol–water partition coefficient (Wildman–Crippen LogP) is 3.36. The molecule has 0 radical (unpaired) electrons. The Morgan fingerprint density at radius 1 is 1.22 bits per heavy atom. The Labute approximate surface area is 108 Å². The van der Waals surface area contributed by atoms with Gasteiger partial charge in [0.1, 0.15) is 5.82 Å². The van der Waals surface area contributed by atoms with Gasteiger partial charge in [0.05, 0.1) is 0 Å². The van der Waals surface area contributed by atoms with Gasteiger partial charge in [0, 0.05) is 18.7 Å². The second-order valence-corrected chi connectivity index (χ2v) is 5.94. The number of rotatable bonds is 1. The van der Waals surface area contributed by atoms with E-state index in [0.29, 0.717) is 11.1 Å². The Balaban J connectivity index is 2.32. The highest BCUT2D eigenvalue weighted by Crippen LogP contribution is 2.26. The number of hydrogen-bond donors (Lipinski definition) is 0. The Hall–Kier alpha value is -1.38. The number of hydrogen-bond acceptors (Lipinski definition) is 1. The molecule has 0 saturated carbocycles. The minimum Gasteiger partial charge on any atom is -0.339 e. The number of halogens is 1. The van der Waals surface area contributed by atoms with Crippen molar-refractivity contribution in [1.82, 2.24) is 4.90 Å². The molecule has 0 aliphatic carbocycles. The van der Waals surface area contributed by atoms with Gasteiger partial charge in [-0.3, -0.25) is 4.79 Å². The summed E-state index contributed by atoms with van der Waals surface area (Å²) in [5.41, 5.74) is 0.918. The van der Waals surface area contributed by atoms with Crippen molar-refractivity contribution in [3.63, 3.8) is 0 Å². The van der Waals surface area contributed by atoms with E-state index in [1.54, 1.807) is 12.1 Å². The molecule has 0 atom stereocenters. The first-order valence-corrected chi connectivity index (χ1v) is 6.49. The molecule has 1 aliphatic rings. The van der Waals surface area contributed by atoms with Crippen LogP contribution >= 0.6 is 0 Å². The van der Waals surface area contributed by atoms with Gasteiger partial charge >= 0.3 is 0 Å². The average Bonchev–Trinajstić information content (AvgIpc) is 2.80. The molecule has 1 fully saturated rings. The van der Waals surface area contributed by atoms with Gasteiger partial charge in [0.25, 0.3) is 5.91 Å².